The Bertz CT molecular complexity index is 1010. The minimum Gasteiger partial charge on any atom is -0.504 e. The zero-order chi connectivity index (χ0) is 20.0. The molecule has 144 valence electrons. The fourth-order valence-electron chi connectivity index (χ4n) is 4.70. The van der Waals surface area contributed by atoms with Crippen LogP contribution in [0.25, 0.3) is 11.1 Å². The number of nitrogens with two attached hydrogens (primary N) is 1. The number of hydrogen-bond acceptors (Lipinski definition) is 6. The first-order chi connectivity index (χ1) is 13.5. The first-order valence-corrected chi connectivity index (χ1v) is 9.45. The van der Waals surface area contributed by atoms with Gasteiger partial charge in [-0.2, -0.15) is 5.26 Å². The summed E-state index contributed by atoms with van der Waals surface area (Å²) < 4.78 is 5.40. The summed E-state index contributed by atoms with van der Waals surface area (Å²) >= 11 is 0. The number of nitrogens with zero attached hydrogens (tertiary/aromatic N) is 3. The van der Waals surface area contributed by atoms with E-state index in [9.17, 15) is 10.4 Å². The zero-order valence-electron chi connectivity index (χ0n) is 16.2. The van der Waals surface area contributed by atoms with Crippen LogP contribution in [0.2, 0.25) is 0 Å². The van der Waals surface area contributed by atoms with Crippen molar-refractivity contribution in [3.63, 3.8) is 0 Å². The second kappa shape index (κ2) is 6.84. The molecule has 2 atom stereocenters. The number of anilines is 1. The van der Waals surface area contributed by atoms with E-state index in [4.69, 9.17) is 10.5 Å². The molecule has 0 aliphatic carbocycles. The van der Waals surface area contributed by atoms with Crippen LogP contribution in [0.1, 0.15) is 41.3 Å². The number of fused-ring (bicyclic) bond motifs is 4. The number of methoxy groups -OCH3 is 1. The molecule has 4 rings (SSSR count). The number of benzene rings is 1. The molecule has 6 heteroatoms. The lowest BCUT2D eigenvalue weighted by Gasteiger charge is -2.34. The van der Waals surface area contributed by atoms with Gasteiger partial charge >= 0.3 is 0 Å². The molecule has 2 aliphatic heterocycles. The Labute approximate surface area is 164 Å². The van der Waals surface area contributed by atoms with E-state index in [1.54, 1.807) is 12.1 Å². The van der Waals surface area contributed by atoms with Crippen LogP contribution in [-0.4, -0.2) is 35.2 Å². The van der Waals surface area contributed by atoms with Crippen LogP contribution in [0.3, 0.4) is 0 Å². The van der Waals surface area contributed by atoms with Crippen molar-refractivity contribution in [3.05, 3.63) is 47.2 Å². The Morgan fingerprint density at radius 1 is 1.46 bits per heavy atom. The number of allylic oxidation sites excluding steroid dienone is 1. The van der Waals surface area contributed by atoms with Gasteiger partial charge in [0.25, 0.3) is 0 Å². The third-order valence-electron chi connectivity index (χ3n) is 6.08. The zero-order valence-corrected chi connectivity index (χ0v) is 16.2. The van der Waals surface area contributed by atoms with E-state index >= 15 is 0 Å². The molecular formula is C22H24N4O2. The van der Waals surface area contributed by atoms with Crippen LogP contribution in [0.4, 0.5) is 5.82 Å². The Hall–Kier alpha value is -3.04. The van der Waals surface area contributed by atoms with Crippen LogP contribution in [0.5, 0.6) is 11.5 Å². The number of nitriles is 1. The molecule has 6 nitrogen and oxygen atoms in total. The molecule has 1 saturated heterocycles. The highest BCUT2D eigenvalue weighted by Gasteiger charge is 2.41. The summed E-state index contributed by atoms with van der Waals surface area (Å²) in [6.07, 6.45) is 5.20. The van der Waals surface area contributed by atoms with E-state index < -0.39 is 0 Å². The van der Waals surface area contributed by atoms with E-state index in [-0.39, 0.29) is 17.6 Å². The molecule has 0 radical (unpaired) electrons. The van der Waals surface area contributed by atoms with E-state index in [0.717, 1.165) is 41.6 Å². The average molecular weight is 376 g/mol. The Balaban J connectivity index is 2.03. The molecule has 1 aromatic heterocycles. The normalized spacial score (nSPS) is 20.5. The predicted molar refractivity (Wildman–Crippen MR) is 108 cm³/mol. The summed E-state index contributed by atoms with van der Waals surface area (Å²) in [5.74, 6) is 0.729. The first kappa shape index (κ1) is 18.3. The molecule has 2 aliphatic rings. The number of rotatable bonds is 4. The van der Waals surface area contributed by atoms with Gasteiger partial charge in [-0.05, 0) is 44.0 Å². The number of nitrogen functional groups attached to an aromatic ring is 1. The smallest absolute Gasteiger partial charge is 0.161 e. The number of phenols is 1. The fourth-order valence-corrected chi connectivity index (χ4v) is 4.70. The standard InChI is InChI=1S/C22H24N4O2/c1-4-5-12-8-13(9-18(28-3)21(12)27)19-15(11-23)22(24)25-16-10-14-6-7-17(20(16)19)26(14)2/h4,8-9,14,17,27H,1,5-7,10H2,2-3H3,(H2,24,25)/t14-,17+/m0/s1. The van der Waals surface area contributed by atoms with Crippen molar-refractivity contribution in [2.24, 2.45) is 0 Å². The third-order valence-corrected chi connectivity index (χ3v) is 6.08. The van der Waals surface area contributed by atoms with Gasteiger partial charge in [0, 0.05) is 40.9 Å². The van der Waals surface area contributed by atoms with E-state index in [0.29, 0.717) is 29.3 Å². The Morgan fingerprint density at radius 2 is 2.25 bits per heavy atom. The largest absolute Gasteiger partial charge is 0.504 e. The van der Waals surface area contributed by atoms with Crippen LogP contribution >= 0.6 is 0 Å². The number of phenolic OH excluding ortho intramolecular Hbond substituents is 1. The number of likely N-dealkylation sites (N-methyl/N-ethyl adjacent to an activating group) is 1. The highest BCUT2D eigenvalue weighted by molar-refractivity contribution is 5.82. The second-order valence-electron chi connectivity index (χ2n) is 7.51. The number of aromatic nitrogens is 1. The summed E-state index contributed by atoms with van der Waals surface area (Å²) in [7, 11) is 3.66. The van der Waals surface area contributed by atoms with Crippen molar-refractivity contribution in [1.29, 1.82) is 5.26 Å². The maximum atomic E-state index is 10.5. The molecule has 1 fully saturated rings. The van der Waals surface area contributed by atoms with Crippen molar-refractivity contribution < 1.29 is 9.84 Å². The van der Waals surface area contributed by atoms with Crippen LogP contribution in [0, 0.1) is 11.3 Å². The minimum absolute atomic E-state index is 0.0959. The molecule has 0 saturated carbocycles. The van der Waals surface area contributed by atoms with Gasteiger partial charge in [-0.15, -0.1) is 6.58 Å². The molecule has 0 unspecified atom stereocenters. The molecule has 1 aromatic carbocycles. The van der Waals surface area contributed by atoms with Gasteiger partial charge in [0.2, 0.25) is 0 Å². The summed E-state index contributed by atoms with van der Waals surface area (Å²) in [6.45, 7) is 3.77. The van der Waals surface area contributed by atoms with Gasteiger partial charge in [0.05, 0.1) is 7.11 Å². The summed E-state index contributed by atoms with van der Waals surface area (Å²) in [5, 5.41) is 20.3. The molecule has 3 heterocycles. The van der Waals surface area contributed by atoms with E-state index in [1.165, 1.54) is 7.11 Å². The number of hydrogen-bond donors (Lipinski definition) is 2. The van der Waals surface area contributed by atoms with E-state index in [1.807, 2.05) is 6.07 Å². The average Bonchev–Trinajstić information content (AvgIpc) is 2.92. The quantitative estimate of drug-likeness (QED) is 0.795. The fraction of sp³-hybridized carbons (Fsp3) is 0.364. The van der Waals surface area contributed by atoms with Crippen molar-refractivity contribution in [2.75, 3.05) is 19.9 Å². The predicted octanol–water partition coefficient (Wildman–Crippen LogP) is 3.34. The van der Waals surface area contributed by atoms with Crippen LogP contribution < -0.4 is 10.5 Å². The lowest BCUT2D eigenvalue weighted by molar-refractivity contribution is 0.222. The Kier molecular flexibility index (Phi) is 4.48. The maximum Gasteiger partial charge on any atom is 0.161 e. The van der Waals surface area contributed by atoms with Gasteiger partial charge in [-0.3, -0.25) is 4.90 Å². The SMILES string of the molecule is C=CCc1cc(-c2c(C#N)c(N)nc3c2[C@H]2CC[C@@H](C3)N2C)cc(OC)c1O. The van der Waals surface area contributed by atoms with Gasteiger partial charge in [-0.1, -0.05) is 6.08 Å². The minimum atomic E-state index is 0.0959. The molecule has 28 heavy (non-hydrogen) atoms. The van der Waals surface area contributed by atoms with Gasteiger partial charge in [-0.25, -0.2) is 4.98 Å². The third kappa shape index (κ3) is 2.62. The maximum absolute atomic E-state index is 10.5. The summed E-state index contributed by atoms with van der Waals surface area (Å²) in [5.41, 5.74) is 11.0. The number of aromatic hydroxyl groups is 1. The Morgan fingerprint density at radius 3 is 2.93 bits per heavy atom. The molecule has 0 spiro atoms. The second-order valence-corrected chi connectivity index (χ2v) is 7.51. The number of ether oxygens (including phenoxy) is 1. The lowest BCUT2D eigenvalue weighted by Crippen LogP contribution is -2.35. The molecular weight excluding hydrogens is 352 g/mol. The molecule has 2 bridgehead atoms. The van der Waals surface area contributed by atoms with E-state index in [2.05, 4.69) is 29.6 Å². The summed E-state index contributed by atoms with van der Waals surface area (Å²) in [6, 6.07) is 6.62. The van der Waals surface area contributed by atoms with Crippen molar-refractivity contribution in [1.82, 2.24) is 9.88 Å². The van der Waals surface area contributed by atoms with Crippen LogP contribution in [-0.2, 0) is 12.8 Å². The topological polar surface area (TPSA) is 95.4 Å². The summed E-state index contributed by atoms with van der Waals surface area (Å²) in [4.78, 5) is 6.98. The lowest BCUT2D eigenvalue weighted by atomic mass is 9.86. The van der Waals surface area contributed by atoms with Crippen molar-refractivity contribution in [3.8, 4) is 28.7 Å². The molecule has 0 amide bonds. The van der Waals surface area contributed by atoms with Crippen molar-refractivity contribution >= 4 is 5.82 Å². The first-order valence-electron chi connectivity index (χ1n) is 9.45. The highest BCUT2D eigenvalue weighted by Crippen LogP contribution is 2.49. The van der Waals surface area contributed by atoms with Crippen molar-refractivity contribution in [2.45, 2.75) is 37.8 Å². The van der Waals surface area contributed by atoms with Gasteiger partial charge in [0.1, 0.15) is 17.5 Å². The number of pyridine rings is 1. The molecule has 2 aromatic rings. The molecule has 3 N–H and O–H groups in total. The van der Waals surface area contributed by atoms with Crippen LogP contribution in [0.15, 0.2) is 24.8 Å². The monoisotopic (exact) mass is 376 g/mol. The van der Waals surface area contributed by atoms with Gasteiger partial charge < -0.3 is 15.6 Å². The van der Waals surface area contributed by atoms with Gasteiger partial charge in [0.15, 0.2) is 11.5 Å². The highest BCUT2D eigenvalue weighted by atomic mass is 16.5.